The standard InChI is InChI=1S/C8H15NO5/c1-13-7(10)3-5-9(12)6-4-8(11)14-2/h12H,3-6H2,1-2H3. The lowest BCUT2D eigenvalue weighted by Gasteiger charge is -2.12. The summed E-state index contributed by atoms with van der Waals surface area (Å²) in [6.45, 7) is 0.285. The summed E-state index contributed by atoms with van der Waals surface area (Å²) in [4.78, 5) is 21.3. The van der Waals surface area contributed by atoms with Crippen molar-refractivity contribution in [3.05, 3.63) is 0 Å². The highest BCUT2D eigenvalue weighted by molar-refractivity contribution is 5.69. The predicted molar refractivity (Wildman–Crippen MR) is 46.6 cm³/mol. The molecule has 1 N–H and O–H groups in total. The maximum atomic E-state index is 10.7. The van der Waals surface area contributed by atoms with Gasteiger partial charge in [-0.05, 0) is 0 Å². The number of hydrogen-bond donors (Lipinski definition) is 1. The Kier molecular flexibility index (Phi) is 6.69. The highest BCUT2D eigenvalue weighted by Crippen LogP contribution is 1.93. The third kappa shape index (κ3) is 6.38. The fraction of sp³-hybridized carbons (Fsp3) is 0.750. The van der Waals surface area contributed by atoms with E-state index in [1.165, 1.54) is 14.2 Å². The van der Waals surface area contributed by atoms with Gasteiger partial charge in [0.25, 0.3) is 0 Å². The van der Waals surface area contributed by atoms with Crippen molar-refractivity contribution in [2.45, 2.75) is 12.8 Å². The minimum atomic E-state index is -0.401. The monoisotopic (exact) mass is 205 g/mol. The molecule has 0 fully saturated rings. The van der Waals surface area contributed by atoms with Gasteiger partial charge >= 0.3 is 11.9 Å². The van der Waals surface area contributed by atoms with Gasteiger partial charge in [-0.25, -0.2) is 0 Å². The number of ether oxygens (including phenoxy) is 2. The molecule has 0 radical (unpaired) electrons. The van der Waals surface area contributed by atoms with E-state index in [0.29, 0.717) is 0 Å². The van der Waals surface area contributed by atoms with Crippen LogP contribution in [-0.4, -0.2) is 49.5 Å². The van der Waals surface area contributed by atoms with Gasteiger partial charge in [0.2, 0.25) is 0 Å². The number of hydroxylamine groups is 2. The number of carbonyl (C=O) groups excluding carboxylic acids is 2. The lowest BCUT2D eigenvalue weighted by atomic mass is 10.4. The molecule has 0 bridgehead atoms. The van der Waals surface area contributed by atoms with Crippen molar-refractivity contribution in [3.8, 4) is 0 Å². The molecule has 0 aliphatic carbocycles. The maximum Gasteiger partial charge on any atom is 0.306 e. The normalized spacial score (nSPS) is 10.0. The topological polar surface area (TPSA) is 76.1 Å². The van der Waals surface area contributed by atoms with E-state index in [1.54, 1.807) is 0 Å². The largest absolute Gasteiger partial charge is 0.469 e. The van der Waals surface area contributed by atoms with Gasteiger partial charge in [-0.15, -0.1) is 0 Å². The van der Waals surface area contributed by atoms with E-state index in [4.69, 9.17) is 5.21 Å². The van der Waals surface area contributed by atoms with Crippen molar-refractivity contribution in [3.63, 3.8) is 0 Å². The van der Waals surface area contributed by atoms with Crippen LogP contribution in [0, 0.1) is 0 Å². The lowest BCUT2D eigenvalue weighted by Crippen LogP contribution is -2.25. The molecule has 0 amide bonds. The number of carbonyl (C=O) groups is 2. The first-order valence-electron chi connectivity index (χ1n) is 4.17. The molecule has 82 valence electrons. The third-order valence-electron chi connectivity index (χ3n) is 1.60. The molecule has 0 unspecified atom stereocenters. The summed E-state index contributed by atoms with van der Waals surface area (Å²) in [7, 11) is 2.55. The minimum Gasteiger partial charge on any atom is -0.469 e. The van der Waals surface area contributed by atoms with Crippen molar-refractivity contribution in [2.75, 3.05) is 27.3 Å². The van der Waals surface area contributed by atoms with Crippen molar-refractivity contribution in [1.82, 2.24) is 5.06 Å². The highest BCUT2D eigenvalue weighted by atomic mass is 16.5. The molecule has 14 heavy (non-hydrogen) atoms. The molecular weight excluding hydrogens is 190 g/mol. The van der Waals surface area contributed by atoms with Crippen LogP contribution >= 0.6 is 0 Å². The SMILES string of the molecule is COC(=O)CCN(O)CCC(=O)OC. The number of esters is 2. The van der Waals surface area contributed by atoms with Crippen LogP contribution in [0.25, 0.3) is 0 Å². The average molecular weight is 205 g/mol. The van der Waals surface area contributed by atoms with E-state index in [2.05, 4.69) is 9.47 Å². The zero-order valence-corrected chi connectivity index (χ0v) is 8.36. The first-order chi connectivity index (χ1) is 6.60. The molecule has 0 saturated heterocycles. The zero-order valence-electron chi connectivity index (χ0n) is 8.36. The van der Waals surface area contributed by atoms with Crippen molar-refractivity contribution in [1.29, 1.82) is 0 Å². The molecule has 0 saturated carbocycles. The van der Waals surface area contributed by atoms with Crippen molar-refractivity contribution in [2.24, 2.45) is 0 Å². The fourth-order valence-electron chi connectivity index (χ4n) is 0.757. The van der Waals surface area contributed by atoms with E-state index >= 15 is 0 Å². The van der Waals surface area contributed by atoms with E-state index in [1.807, 2.05) is 0 Å². The molecule has 6 nitrogen and oxygen atoms in total. The van der Waals surface area contributed by atoms with Crippen LogP contribution in [-0.2, 0) is 19.1 Å². The Morgan fingerprint density at radius 2 is 1.43 bits per heavy atom. The molecule has 0 aliphatic heterocycles. The second-order valence-corrected chi connectivity index (χ2v) is 2.61. The van der Waals surface area contributed by atoms with Gasteiger partial charge < -0.3 is 14.7 Å². The van der Waals surface area contributed by atoms with Crippen LogP contribution in [0.5, 0.6) is 0 Å². The van der Waals surface area contributed by atoms with Gasteiger partial charge in [0.15, 0.2) is 0 Å². The van der Waals surface area contributed by atoms with Gasteiger partial charge in [-0.2, -0.15) is 5.06 Å². The molecule has 0 atom stereocenters. The van der Waals surface area contributed by atoms with Crippen molar-refractivity contribution < 1.29 is 24.3 Å². The molecule has 6 heteroatoms. The van der Waals surface area contributed by atoms with Crippen LogP contribution in [0.1, 0.15) is 12.8 Å². The number of nitrogens with zero attached hydrogens (tertiary/aromatic N) is 1. The molecule has 0 aromatic rings. The molecule has 0 spiro atoms. The zero-order chi connectivity index (χ0) is 11.0. The molecular formula is C8H15NO5. The molecule has 0 aromatic carbocycles. The van der Waals surface area contributed by atoms with E-state index in [0.717, 1.165) is 5.06 Å². The smallest absolute Gasteiger partial charge is 0.306 e. The predicted octanol–water partition coefficient (Wildman–Crippen LogP) is -0.196. The van der Waals surface area contributed by atoms with Crippen molar-refractivity contribution >= 4 is 11.9 Å². The van der Waals surface area contributed by atoms with Gasteiger partial charge in [0, 0.05) is 13.1 Å². The Morgan fingerprint density at radius 1 is 1.07 bits per heavy atom. The van der Waals surface area contributed by atoms with Crippen LogP contribution in [0.2, 0.25) is 0 Å². The van der Waals surface area contributed by atoms with Crippen LogP contribution in [0.15, 0.2) is 0 Å². The number of methoxy groups -OCH3 is 2. The Bertz CT molecular complexity index is 174. The fourth-order valence-corrected chi connectivity index (χ4v) is 0.757. The molecule has 0 rings (SSSR count). The lowest BCUT2D eigenvalue weighted by molar-refractivity contribution is -0.149. The Hall–Kier alpha value is -1.14. The molecule has 0 heterocycles. The first kappa shape index (κ1) is 12.9. The van der Waals surface area contributed by atoms with Gasteiger partial charge in [-0.3, -0.25) is 9.59 Å². The summed E-state index contributed by atoms with van der Waals surface area (Å²) in [6.07, 6.45) is 0.183. The first-order valence-corrected chi connectivity index (χ1v) is 4.17. The van der Waals surface area contributed by atoms with Gasteiger partial charge in [-0.1, -0.05) is 0 Å². The number of hydrogen-bond acceptors (Lipinski definition) is 6. The summed E-state index contributed by atoms with van der Waals surface area (Å²) in [5.41, 5.74) is 0. The van der Waals surface area contributed by atoms with Gasteiger partial charge in [0.1, 0.15) is 0 Å². The summed E-state index contributed by atoms with van der Waals surface area (Å²) >= 11 is 0. The van der Waals surface area contributed by atoms with Crippen LogP contribution in [0.4, 0.5) is 0 Å². The molecule has 0 aliphatic rings. The number of rotatable bonds is 6. The third-order valence-corrected chi connectivity index (χ3v) is 1.60. The van der Waals surface area contributed by atoms with E-state index < -0.39 is 11.9 Å². The Morgan fingerprint density at radius 3 is 1.71 bits per heavy atom. The second kappa shape index (κ2) is 7.28. The summed E-state index contributed by atoms with van der Waals surface area (Å²) in [6, 6.07) is 0. The maximum absolute atomic E-state index is 10.7. The van der Waals surface area contributed by atoms with Gasteiger partial charge in [0.05, 0.1) is 27.1 Å². The van der Waals surface area contributed by atoms with E-state index in [9.17, 15) is 9.59 Å². The average Bonchev–Trinajstić information content (AvgIpc) is 2.22. The summed E-state index contributed by atoms with van der Waals surface area (Å²) in [5.74, 6) is -0.802. The molecule has 0 aromatic heterocycles. The minimum absolute atomic E-state index is 0.0914. The Balaban J connectivity index is 3.50. The van der Waals surface area contributed by atoms with Crippen LogP contribution < -0.4 is 0 Å². The van der Waals surface area contributed by atoms with Crippen LogP contribution in [0.3, 0.4) is 0 Å². The quantitative estimate of drug-likeness (QED) is 0.478. The highest BCUT2D eigenvalue weighted by Gasteiger charge is 2.08. The summed E-state index contributed by atoms with van der Waals surface area (Å²) in [5, 5.41) is 10.0. The summed E-state index contributed by atoms with van der Waals surface area (Å²) < 4.78 is 8.76. The second-order valence-electron chi connectivity index (χ2n) is 2.61. The van der Waals surface area contributed by atoms with E-state index in [-0.39, 0.29) is 25.9 Å². The Labute approximate surface area is 82.4 Å².